The van der Waals surface area contributed by atoms with E-state index in [1.807, 2.05) is 24.3 Å². The van der Waals surface area contributed by atoms with Crippen LogP contribution >= 0.6 is 0 Å². The highest BCUT2D eigenvalue weighted by molar-refractivity contribution is 6.04. The molecule has 2 aromatic rings. The Morgan fingerprint density at radius 1 is 1.15 bits per heavy atom. The zero-order valence-corrected chi connectivity index (χ0v) is 15.5. The molecule has 0 atom stereocenters. The van der Waals surface area contributed by atoms with Crippen molar-refractivity contribution in [3.05, 3.63) is 59.7 Å². The average Bonchev–Trinajstić information content (AvgIpc) is 2.68. The third-order valence-corrected chi connectivity index (χ3v) is 4.93. The Hall–Kier alpha value is -2.86. The van der Waals surface area contributed by atoms with Crippen LogP contribution in [0.4, 0.5) is 5.69 Å². The molecule has 27 heavy (non-hydrogen) atoms. The van der Waals surface area contributed by atoms with Crippen LogP contribution in [0.1, 0.15) is 28.8 Å². The molecule has 1 saturated heterocycles. The van der Waals surface area contributed by atoms with Crippen molar-refractivity contribution >= 4 is 17.5 Å². The van der Waals surface area contributed by atoms with E-state index in [1.54, 1.807) is 31.4 Å². The number of primary amides is 1. The summed E-state index contributed by atoms with van der Waals surface area (Å²) in [6.07, 6.45) is 1.62. The highest BCUT2D eigenvalue weighted by Gasteiger charge is 2.23. The molecule has 0 aliphatic carbocycles. The van der Waals surface area contributed by atoms with E-state index >= 15 is 0 Å². The molecule has 6 heteroatoms. The first-order valence-electron chi connectivity index (χ1n) is 9.11. The third kappa shape index (κ3) is 5.08. The fraction of sp³-hybridized carbons (Fsp3) is 0.333. The molecule has 1 heterocycles. The maximum atomic E-state index is 12.4. The standard InChI is InChI=1S/C21H25N3O3/c1-27-19-7-5-17(6-8-19)21(26)23-18-4-2-3-15(13-18)14-24-11-9-16(10-12-24)20(22)25/h2-8,13,16H,9-12,14H2,1H3,(H2,22,25)(H,23,26). The summed E-state index contributed by atoms with van der Waals surface area (Å²) in [4.78, 5) is 26.0. The topological polar surface area (TPSA) is 84.7 Å². The first-order chi connectivity index (χ1) is 13.0. The van der Waals surface area contributed by atoms with Gasteiger partial charge in [0.15, 0.2) is 0 Å². The smallest absolute Gasteiger partial charge is 0.255 e. The molecular formula is C21H25N3O3. The molecule has 2 amide bonds. The van der Waals surface area contributed by atoms with E-state index in [4.69, 9.17) is 10.5 Å². The molecule has 1 aliphatic rings. The Kier molecular flexibility index (Phi) is 6.08. The number of carbonyl (C=O) groups excluding carboxylic acids is 2. The summed E-state index contributed by atoms with van der Waals surface area (Å²) in [5, 5.41) is 2.94. The summed E-state index contributed by atoms with van der Waals surface area (Å²) in [7, 11) is 1.59. The highest BCUT2D eigenvalue weighted by Crippen LogP contribution is 2.20. The van der Waals surface area contributed by atoms with Crippen LogP contribution in [0.25, 0.3) is 0 Å². The Morgan fingerprint density at radius 3 is 2.48 bits per heavy atom. The second kappa shape index (κ2) is 8.68. The van der Waals surface area contributed by atoms with Crippen molar-refractivity contribution in [1.82, 2.24) is 4.90 Å². The molecule has 0 unspecified atom stereocenters. The zero-order chi connectivity index (χ0) is 19.2. The normalized spacial score (nSPS) is 15.3. The average molecular weight is 367 g/mol. The van der Waals surface area contributed by atoms with Gasteiger partial charge in [0, 0.05) is 23.7 Å². The van der Waals surface area contributed by atoms with Gasteiger partial charge in [0.05, 0.1) is 7.11 Å². The van der Waals surface area contributed by atoms with Gasteiger partial charge in [-0.05, 0) is 67.9 Å². The van der Waals surface area contributed by atoms with Crippen LogP contribution in [-0.4, -0.2) is 36.9 Å². The number of benzene rings is 2. The van der Waals surface area contributed by atoms with Gasteiger partial charge in [-0.25, -0.2) is 0 Å². The summed E-state index contributed by atoms with van der Waals surface area (Å²) >= 11 is 0. The van der Waals surface area contributed by atoms with Crippen LogP contribution in [0, 0.1) is 5.92 Å². The van der Waals surface area contributed by atoms with E-state index < -0.39 is 0 Å². The summed E-state index contributed by atoms with van der Waals surface area (Å²) in [6.45, 7) is 2.50. The minimum absolute atomic E-state index is 0.00336. The first-order valence-corrected chi connectivity index (χ1v) is 9.11. The maximum absolute atomic E-state index is 12.4. The Bertz CT molecular complexity index is 797. The lowest BCUT2D eigenvalue weighted by Gasteiger charge is -2.30. The van der Waals surface area contributed by atoms with Crippen LogP contribution in [-0.2, 0) is 11.3 Å². The number of nitrogens with one attached hydrogen (secondary N) is 1. The SMILES string of the molecule is COc1ccc(C(=O)Nc2cccc(CN3CCC(C(N)=O)CC3)c2)cc1. The van der Waals surface area contributed by atoms with Gasteiger partial charge in [0.2, 0.25) is 5.91 Å². The number of anilines is 1. The van der Waals surface area contributed by atoms with E-state index in [0.29, 0.717) is 11.3 Å². The molecule has 0 radical (unpaired) electrons. The van der Waals surface area contributed by atoms with Gasteiger partial charge in [-0.2, -0.15) is 0 Å². The van der Waals surface area contributed by atoms with Gasteiger partial charge in [-0.3, -0.25) is 14.5 Å². The summed E-state index contributed by atoms with van der Waals surface area (Å²) in [5.74, 6) is 0.361. The first kappa shape index (κ1) is 18.9. The number of carbonyl (C=O) groups is 2. The van der Waals surface area contributed by atoms with E-state index in [-0.39, 0.29) is 17.7 Å². The van der Waals surface area contributed by atoms with Gasteiger partial charge in [0.1, 0.15) is 5.75 Å². The molecule has 0 spiro atoms. The summed E-state index contributed by atoms with van der Waals surface area (Å²) in [6, 6.07) is 14.9. The second-order valence-corrected chi connectivity index (χ2v) is 6.84. The predicted molar refractivity (Wildman–Crippen MR) is 105 cm³/mol. The van der Waals surface area contributed by atoms with Crippen LogP contribution < -0.4 is 15.8 Å². The van der Waals surface area contributed by atoms with Gasteiger partial charge in [0.25, 0.3) is 5.91 Å². The molecule has 0 aromatic heterocycles. The van der Waals surface area contributed by atoms with E-state index in [1.165, 1.54) is 0 Å². The lowest BCUT2D eigenvalue weighted by Crippen LogP contribution is -2.38. The minimum Gasteiger partial charge on any atom is -0.497 e. The van der Waals surface area contributed by atoms with Crippen molar-refractivity contribution in [2.45, 2.75) is 19.4 Å². The van der Waals surface area contributed by atoms with E-state index in [2.05, 4.69) is 10.2 Å². The molecule has 0 bridgehead atoms. The Balaban J connectivity index is 1.58. The molecule has 1 aliphatic heterocycles. The van der Waals surface area contributed by atoms with E-state index in [9.17, 15) is 9.59 Å². The van der Waals surface area contributed by atoms with Gasteiger partial charge >= 0.3 is 0 Å². The number of nitrogens with two attached hydrogens (primary N) is 1. The van der Waals surface area contributed by atoms with Gasteiger partial charge in [-0.1, -0.05) is 12.1 Å². The quantitative estimate of drug-likeness (QED) is 0.822. The largest absolute Gasteiger partial charge is 0.497 e. The number of hydrogen-bond acceptors (Lipinski definition) is 4. The van der Waals surface area contributed by atoms with Crippen molar-refractivity contribution in [2.75, 3.05) is 25.5 Å². The van der Waals surface area contributed by atoms with Crippen molar-refractivity contribution in [3.8, 4) is 5.75 Å². The fourth-order valence-corrected chi connectivity index (χ4v) is 3.33. The zero-order valence-electron chi connectivity index (χ0n) is 15.5. The number of nitrogens with zero attached hydrogens (tertiary/aromatic N) is 1. The lowest BCUT2D eigenvalue weighted by atomic mass is 9.96. The number of likely N-dealkylation sites (tertiary alicyclic amines) is 1. The highest BCUT2D eigenvalue weighted by atomic mass is 16.5. The molecule has 3 rings (SSSR count). The Labute approximate surface area is 159 Å². The maximum Gasteiger partial charge on any atom is 0.255 e. The molecule has 142 valence electrons. The van der Waals surface area contributed by atoms with Crippen molar-refractivity contribution in [2.24, 2.45) is 11.7 Å². The number of ether oxygens (including phenoxy) is 1. The number of piperidine rings is 1. The molecule has 2 aromatic carbocycles. The number of rotatable bonds is 6. The molecule has 1 fully saturated rings. The number of hydrogen-bond donors (Lipinski definition) is 2. The van der Waals surface area contributed by atoms with Crippen LogP contribution in [0.2, 0.25) is 0 Å². The second-order valence-electron chi connectivity index (χ2n) is 6.84. The van der Waals surface area contributed by atoms with Crippen LogP contribution in [0.5, 0.6) is 5.75 Å². The third-order valence-electron chi connectivity index (χ3n) is 4.93. The molecule has 0 saturated carbocycles. The lowest BCUT2D eigenvalue weighted by molar-refractivity contribution is -0.123. The molecule has 6 nitrogen and oxygen atoms in total. The van der Waals surface area contributed by atoms with Crippen LogP contribution in [0.15, 0.2) is 48.5 Å². The summed E-state index contributed by atoms with van der Waals surface area (Å²) in [5.41, 5.74) is 7.86. The number of amides is 2. The van der Waals surface area contributed by atoms with Crippen molar-refractivity contribution in [3.63, 3.8) is 0 Å². The fourth-order valence-electron chi connectivity index (χ4n) is 3.33. The van der Waals surface area contributed by atoms with E-state index in [0.717, 1.165) is 43.7 Å². The Morgan fingerprint density at radius 2 is 1.85 bits per heavy atom. The van der Waals surface area contributed by atoms with Crippen LogP contribution in [0.3, 0.4) is 0 Å². The van der Waals surface area contributed by atoms with Crippen molar-refractivity contribution in [1.29, 1.82) is 0 Å². The number of methoxy groups -OCH3 is 1. The molecule has 3 N–H and O–H groups in total. The monoisotopic (exact) mass is 367 g/mol. The van der Waals surface area contributed by atoms with Crippen molar-refractivity contribution < 1.29 is 14.3 Å². The van der Waals surface area contributed by atoms with Gasteiger partial charge < -0.3 is 15.8 Å². The van der Waals surface area contributed by atoms with Gasteiger partial charge in [-0.15, -0.1) is 0 Å². The minimum atomic E-state index is -0.196. The predicted octanol–water partition coefficient (Wildman–Crippen LogP) is 2.64. The summed E-state index contributed by atoms with van der Waals surface area (Å²) < 4.78 is 5.11. The molecular weight excluding hydrogens is 342 g/mol.